The van der Waals surface area contributed by atoms with Gasteiger partial charge < -0.3 is 20.5 Å². The third-order valence-corrected chi connectivity index (χ3v) is 6.11. The van der Waals surface area contributed by atoms with Crippen molar-refractivity contribution in [2.75, 3.05) is 13.7 Å². The molecule has 0 saturated carbocycles. The van der Waals surface area contributed by atoms with Gasteiger partial charge in [0.05, 0.1) is 18.7 Å². The number of aromatic nitrogens is 2. The number of nitrogens with two attached hydrogens (primary N) is 1. The summed E-state index contributed by atoms with van der Waals surface area (Å²) in [5, 5.41) is 5.87. The molecule has 2 amide bonds. The number of amides is 2. The van der Waals surface area contributed by atoms with Crippen LogP contribution in [0.3, 0.4) is 0 Å². The topological polar surface area (TPSA) is 116 Å². The number of hydrogen-bond donors (Lipinski definition) is 2. The molecule has 2 aromatic carbocycles. The Morgan fingerprint density at radius 2 is 1.94 bits per heavy atom. The molecule has 2 aromatic heterocycles. The first-order chi connectivity index (χ1) is 17.0. The molecule has 2 atom stereocenters. The number of rotatable bonds is 6. The summed E-state index contributed by atoms with van der Waals surface area (Å²) < 4.78 is 11.2. The van der Waals surface area contributed by atoms with Gasteiger partial charge in [-0.25, -0.2) is 4.98 Å². The van der Waals surface area contributed by atoms with Crippen molar-refractivity contribution >= 4 is 33.5 Å². The quantitative estimate of drug-likeness (QED) is 0.440. The average molecular weight is 473 g/mol. The second-order valence-corrected chi connectivity index (χ2v) is 8.34. The molecule has 3 N–H and O–H groups in total. The predicted octanol–water partition coefficient (Wildman–Crippen LogP) is 3.87. The molecule has 0 unspecified atom stereocenters. The Morgan fingerprint density at radius 1 is 1.09 bits per heavy atom. The van der Waals surface area contributed by atoms with Crippen LogP contribution < -0.4 is 20.5 Å². The van der Waals surface area contributed by atoms with Crippen molar-refractivity contribution < 1.29 is 19.1 Å². The number of nitrogens with one attached hydrogen (secondary N) is 1. The predicted molar refractivity (Wildman–Crippen MR) is 134 cm³/mol. The monoisotopic (exact) mass is 472 g/mol. The van der Waals surface area contributed by atoms with Gasteiger partial charge in [0.2, 0.25) is 17.7 Å². The Kier molecular flexibility index (Phi) is 7.40. The highest BCUT2D eigenvalue weighted by Gasteiger charge is 2.31. The van der Waals surface area contributed by atoms with Crippen LogP contribution in [0.1, 0.15) is 30.1 Å². The molecule has 0 aliphatic carbocycles. The normalized spacial score (nSPS) is 16.9. The zero-order chi connectivity index (χ0) is 24.8. The van der Waals surface area contributed by atoms with E-state index in [1.165, 1.54) is 0 Å². The Bertz CT molecular complexity index is 1360. The number of fused-ring (bicyclic) bond motifs is 2. The summed E-state index contributed by atoms with van der Waals surface area (Å²) in [5.74, 6) is 1.37. The van der Waals surface area contributed by atoms with Gasteiger partial charge in [0, 0.05) is 35.2 Å². The van der Waals surface area contributed by atoms with E-state index in [-0.39, 0.29) is 11.9 Å². The van der Waals surface area contributed by atoms with Crippen LogP contribution in [0.15, 0.2) is 67.0 Å². The number of primary amides is 1. The lowest BCUT2D eigenvalue weighted by molar-refractivity contribution is -0.119. The van der Waals surface area contributed by atoms with E-state index in [1.807, 2.05) is 36.4 Å². The van der Waals surface area contributed by atoms with E-state index in [0.717, 1.165) is 33.8 Å². The second kappa shape index (κ2) is 10.8. The molecule has 3 heterocycles. The van der Waals surface area contributed by atoms with E-state index in [4.69, 9.17) is 15.2 Å². The van der Waals surface area contributed by atoms with Gasteiger partial charge in [-0.2, -0.15) is 0 Å². The summed E-state index contributed by atoms with van der Waals surface area (Å²) in [4.78, 5) is 30.8. The van der Waals surface area contributed by atoms with Crippen molar-refractivity contribution in [1.29, 1.82) is 0 Å². The molecule has 0 radical (unpaired) electrons. The summed E-state index contributed by atoms with van der Waals surface area (Å²) in [6, 6.07) is 16.7. The van der Waals surface area contributed by atoms with Crippen molar-refractivity contribution in [2.24, 2.45) is 11.7 Å². The van der Waals surface area contributed by atoms with Gasteiger partial charge in [-0.3, -0.25) is 14.6 Å². The van der Waals surface area contributed by atoms with E-state index >= 15 is 0 Å². The summed E-state index contributed by atoms with van der Waals surface area (Å²) in [5.41, 5.74) is 6.53. The van der Waals surface area contributed by atoms with Crippen LogP contribution in [0.5, 0.6) is 11.6 Å². The van der Waals surface area contributed by atoms with Crippen LogP contribution >= 0.6 is 0 Å². The van der Waals surface area contributed by atoms with Crippen molar-refractivity contribution in [3.05, 3.63) is 72.6 Å². The van der Waals surface area contributed by atoms with Crippen molar-refractivity contribution in [1.82, 2.24) is 15.3 Å². The first-order valence-corrected chi connectivity index (χ1v) is 11.5. The molecule has 1 aliphatic heterocycles. The molecule has 1 aliphatic rings. The maximum Gasteiger partial charge on any atom is 0.248 e. The molecule has 4 aromatic rings. The molecule has 0 spiro atoms. The highest BCUT2D eigenvalue weighted by atomic mass is 16.5. The first kappa shape index (κ1) is 23.9. The van der Waals surface area contributed by atoms with Gasteiger partial charge in [-0.05, 0) is 53.8 Å². The highest BCUT2D eigenvalue weighted by Crippen LogP contribution is 2.28. The van der Waals surface area contributed by atoms with Gasteiger partial charge in [0.25, 0.3) is 0 Å². The molecular weight excluding hydrogens is 444 g/mol. The lowest BCUT2D eigenvalue weighted by Gasteiger charge is -2.18. The van der Waals surface area contributed by atoms with Crippen LogP contribution in [0.4, 0.5) is 0 Å². The minimum Gasteiger partial charge on any atom is -0.497 e. The third kappa shape index (κ3) is 5.66. The molecule has 8 nitrogen and oxygen atoms in total. The van der Waals surface area contributed by atoms with Crippen molar-refractivity contribution in [3.8, 4) is 11.6 Å². The Morgan fingerprint density at radius 3 is 2.71 bits per heavy atom. The van der Waals surface area contributed by atoms with E-state index in [9.17, 15) is 9.59 Å². The van der Waals surface area contributed by atoms with Gasteiger partial charge in [-0.15, -0.1) is 0 Å². The number of benzene rings is 2. The van der Waals surface area contributed by atoms with E-state index in [2.05, 4.69) is 22.2 Å². The zero-order valence-corrected chi connectivity index (χ0v) is 19.7. The lowest BCUT2D eigenvalue weighted by Crippen LogP contribution is -2.34. The van der Waals surface area contributed by atoms with Gasteiger partial charge in [-0.1, -0.05) is 25.5 Å². The SMILES string of the molecule is CC[C@H]1CC(=O)N[C@@H]1COc1nccc2ccc(OC)cc12.NC(=O)c1ccc2ncccc2c1. The molecule has 180 valence electrons. The summed E-state index contributed by atoms with van der Waals surface area (Å²) in [7, 11) is 1.64. The average Bonchev–Trinajstić information content (AvgIpc) is 3.26. The maximum atomic E-state index is 11.5. The van der Waals surface area contributed by atoms with Crippen molar-refractivity contribution in [3.63, 3.8) is 0 Å². The van der Waals surface area contributed by atoms with Crippen LogP contribution in [0.2, 0.25) is 0 Å². The standard InChI is InChI=1S/C17H20N2O3.C10H8N2O/c1-3-11-8-16(20)19-15(11)10-22-17-14-9-13(21-2)5-4-12(14)6-7-18-17;11-10(13)8-3-4-9-7(6-8)2-1-5-12-9/h4-7,9,11,15H,3,8,10H2,1-2H3,(H,19,20);1-6H,(H2,11,13)/t11-,15+;/m0./s1. The fraction of sp³-hybridized carbons (Fsp3) is 0.259. The number of carbonyl (C=O) groups is 2. The molecular formula is C27H28N4O4. The Labute approximate surface area is 203 Å². The zero-order valence-electron chi connectivity index (χ0n) is 19.7. The summed E-state index contributed by atoms with van der Waals surface area (Å²) in [6.45, 7) is 2.53. The minimum absolute atomic E-state index is 0.0557. The second-order valence-electron chi connectivity index (χ2n) is 8.34. The Balaban J connectivity index is 0.000000189. The largest absolute Gasteiger partial charge is 0.497 e. The number of hydrogen-bond acceptors (Lipinski definition) is 6. The maximum absolute atomic E-state index is 11.5. The fourth-order valence-corrected chi connectivity index (χ4v) is 4.13. The highest BCUT2D eigenvalue weighted by molar-refractivity contribution is 5.96. The molecule has 35 heavy (non-hydrogen) atoms. The minimum atomic E-state index is -0.411. The lowest BCUT2D eigenvalue weighted by atomic mass is 9.98. The molecule has 1 saturated heterocycles. The molecule has 5 rings (SSSR count). The van der Waals surface area contributed by atoms with Crippen LogP contribution in [-0.4, -0.2) is 41.5 Å². The van der Waals surface area contributed by atoms with Crippen molar-refractivity contribution in [2.45, 2.75) is 25.8 Å². The first-order valence-electron chi connectivity index (χ1n) is 11.5. The Hall–Kier alpha value is -4.20. The third-order valence-electron chi connectivity index (χ3n) is 6.11. The number of pyridine rings is 2. The van der Waals surface area contributed by atoms with Crippen LogP contribution in [0, 0.1) is 5.92 Å². The van der Waals surface area contributed by atoms with E-state index < -0.39 is 5.91 Å². The molecule has 0 bridgehead atoms. The molecule has 1 fully saturated rings. The summed E-state index contributed by atoms with van der Waals surface area (Å²) >= 11 is 0. The fourth-order valence-electron chi connectivity index (χ4n) is 4.13. The number of nitrogens with zero attached hydrogens (tertiary/aromatic N) is 2. The van der Waals surface area contributed by atoms with Gasteiger partial charge in [0.15, 0.2) is 0 Å². The van der Waals surface area contributed by atoms with Crippen LogP contribution in [-0.2, 0) is 4.79 Å². The van der Waals surface area contributed by atoms with Gasteiger partial charge >= 0.3 is 0 Å². The van der Waals surface area contributed by atoms with Crippen LogP contribution in [0.25, 0.3) is 21.7 Å². The number of carbonyl (C=O) groups excluding carboxylic acids is 2. The van der Waals surface area contributed by atoms with E-state index in [0.29, 0.717) is 30.4 Å². The van der Waals surface area contributed by atoms with Gasteiger partial charge in [0.1, 0.15) is 12.4 Å². The summed E-state index contributed by atoms with van der Waals surface area (Å²) in [6.07, 6.45) is 4.99. The number of methoxy groups -OCH3 is 1. The van der Waals surface area contributed by atoms with E-state index in [1.54, 1.807) is 37.7 Å². The smallest absolute Gasteiger partial charge is 0.248 e. The molecule has 8 heteroatoms. The number of ether oxygens (including phenoxy) is 2.